The minimum Gasteiger partial charge on any atom is -0.357 e. The highest BCUT2D eigenvalue weighted by molar-refractivity contribution is 14.0. The Hall–Kier alpha value is -2.02. The second-order valence-electron chi connectivity index (χ2n) is 6.55. The number of carbonyl (C=O) groups excluding carboxylic acids is 1. The average molecular weight is 544 g/mol. The lowest BCUT2D eigenvalue weighted by molar-refractivity contribution is 0.0954. The van der Waals surface area contributed by atoms with E-state index in [1.807, 2.05) is 0 Å². The summed E-state index contributed by atoms with van der Waals surface area (Å²) in [5.41, 5.74) is 0.558. The fraction of sp³-hybridized carbons (Fsp3) is 0.526. The molecule has 0 aliphatic carbocycles. The van der Waals surface area contributed by atoms with E-state index in [9.17, 15) is 4.79 Å². The lowest BCUT2D eigenvalue weighted by atomic mass is 10.3. The van der Waals surface area contributed by atoms with E-state index in [0.717, 1.165) is 56.1 Å². The van der Waals surface area contributed by atoms with Crippen molar-refractivity contribution in [2.75, 3.05) is 50.7 Å². The third-order valence-corrected chi connectivity index (χ3v) is 5.36. The standard InChI is InChI=1S/C19H28N8OS.HI/c1-3-16-24-19(29-25-16)27-12-10-26(11-13-27)18(21-4-2)23-9-8-22-17(28)15-6-5-7-20-14-15;/h5-7,14H,3-4,8-13H2,1-2H3,(H,21,23)(H,22,28);1H. The van der Waals surface area contributed by atoms with Gasteiger partial charge in [0.15, 0.2) is 5.96 Å². The molecule has 11 heteroatoms. The number of hydrogen-bond acceptors (Lipinski definition) is 7. The predicted molar refractivity (Wildman–Crippen MR) is 131 cm³/mol. The first kappa shape index (κ1) is 24.3. The molecule has 0 atom stereocenters. The van der Waals surface area contributed by atoms with Gasteiger partial charge < -0.3 is 20.4 Å². The fourth-order valence-electron chi connectivity index (χ4n) is 2.98. The van der Waals surface area contributed by atoms with Crippen LogP contribution in [0.25, 0.3) is 0 Å². The quantitative estimate of drug-likeness (QED) is 0.237. The van der Waals surface area contributed by atoms with E-state index in [-0.39, 0.29) is 29.9 Å². The molecule has 30 heavy (non-hydrogen) atoms. The van der Waals surface area contributed by atoms with Crippen LogP contribution in [0.4, 0.5) is 5.13 Å². The van der Waals surface area contributed by atoms with Crippen LogP contribution < -0.4 is 15.5 Å². The first-order valence-electron chi connectivity index (χ1n) is 10.00. The third kappa shape index (κ3) is 6.76. The maximum Gasteiger partial charge on any atom is 0.252 e. The number of aryl methyl sites for hydroxylation is 1. The molecule has 1 aliphatic heterocycles. The SMILES string of the molecule is CCNC(=NCCNC(=O)c1cccnc1)N1CCN(c2nc(CC)ns2)CC1.I. The highest BCUT2D eigenvalue weighted by Gasteiger charge is 2.22. The summed E-state index contributed by atoms with van der Waals surface area (Å²) in [6.45, 7) is 9.45. The van der Waals surface area contributed by atoms with Crippen LogP contribution >= 0.6 is 35.5 Å². The maximum absolute atomic E-state index is 12.1. The molecule has 2 aromatic rings. The molecule has 2 aromatic heterocycles. The molecule has 1 saturated heterocycles. The lowest BCUT2D eigenvalue weighted by Gasteiger charge is -2.36. The second kappa shape index (κ2) is 12.6. The number of amides is 1. The summed E-state index contributed by atoms with van der Waals surface area (Å²) in [5.74, 6) is 1.67. The van der Waals surface area contributed by atoms with E-state index in [4.69, 9.17) is 0 Å². The van der Waals surface area contributed by atoms with Crippen molar-refractivity contribution in [3.63, 3.8) is 0 Å². The Morgan fingerprint density at radius 1 is 1.23 bits per heavy atom. The number of hydrogen-bond donors (Lipinski definition) is 2. The highest BCUT2D eigenvalue weighted by Crippen LogP contribution is 2.19. The zero-order chi connectivity index (χ0) is 20.5. The zero-order valence-electron chi connectivity index (χ0n) is 17.4. The first-order chi connectivity index (χ1) is 14.2. The van der Waals surface area contributed by atoms with Gasteiger partial charge in [-0.3, -0.25) is 14.8 Å². The normalized spacial score (nSPS) is 14.3. The number of anilines is 1. The van der Waals surface area contributed by atoms with Crippen molar-refractivity contribution in [3.8, 4) is 0 Å². The average Bonchev–Trinajstić information content (AvgIpc) is 3.26. The van der Waals surface area contributed by atoms with Gasteiger partial charge >= 0.3 is 0 Å². The van der Waals surface area contributed by atoms with E-state index in [0.29, 0.717) is 18.7 Å². The van der Waals surface area contributed by atoms with Gasteiger partial charge in [-0.05, 0) is 19.1 Å². The summed E-state index contributed by atoms with van der Waals surface area (Å²) in [7, 11) is 0. The molecule has 0 aromatic carbocycles. The Bertz CT molecular complexity index is 808. The molecule has 1 amide bonds. The summed E-state index contributed by atoms with van der Waals surface area (Å²) in [6.07, 6.45) is 4.08. The summed E-state index contributed by atoms with van der Waals surface area (Å²) in [4.78, 5) is 29.8. The second-order valence-corrected chi connectivity index (χ2v) is 7.28. The molecule has 3 heterocycles. The van der Waals surface area contributed by atoms with E-state index in [1.165, 1.54) is 11.5 Å². The molecule has 164 valence electrons. The van der Waals surface area contributed by atoms with Gasteiger partial charge in [-0.1, -0.05) is 6.92 Å². The van der Waals surface area contributed by atoms with Crippen molar-refractivity contribution >= 4 is 52.5 Å². The fourth-order valence-corrected chi connectivity index (χ4v) is 3.78. The van der Waals surface area contributed by atoms with E-state index < -0.39 is 0 Å². The van der Waals surface area contributed by atoms with Crippen LogP contribution in [0.5, 0.6) is 0 Å². The summed E-state index contributed by atoms with van der Waals surface area (Å²) in [6, 6.07) is 3.50. The number of aliphatic imine (C=N–C) groups is 1. The van der Waals surface area contributed by atoms with Gasteiger partial charge in [0.25, 0.3) is 5.91 Å². The van der Waals surface area contributed by atoms with Crippen LogP contribution in [0.1, 0.15) is 30.0 Å². The minimum absolute atomic E-state index is 0. The van der Waals surface area contributed by atoms with E-state index in [2.05, 4.69) is 53.6 Å². The number of nitrogens with zero attached hydrogens (tertiary/aromatic N) is 6. The smallest absolute Gasteiger partial charge is 0.252 e. The molecule has 1 aliphatic rings. The summed E-state index contributed by atoms with van der Waals surface area (Å²) >= 11 is 1.47. The van der Waals surface area contributed by atoms with Crippen LogP contribution in [-0.4, -0.2) is 76.9 Å². The Labute approximate surface area is 198 Å². The van der Waals surface area contributed by atoms with Gasteiger partial charge in [-0.2, -0.15) is 4.37 Å². The van der Waals surface area contributed by atoms with Crippen molar-refractivity contribution in [2.45, 2.75) is 20.3 Å². The molecule has 9 nitrogen and oxygen atoms in total. The first-order valence-corrected chi connectivity index (χ1v) is 10.8. The number of carbonyl (C=O) groups is 1. The molecule has 0 saturated carbocycles. The Kier molecular flexibility index (Phi) is 10.2. The number of piperazine rings is 1. The molecule has 1 fully saturated rings. The van der Waals surface area contributed by atoms with Crippen LogP contribution in [-0.2, 0) is 6.42 Å². The number of pyridine rings is 1. The highest BCUT2D eigenvalue weighted by atomic mass is 127. The monoisotopic (exact) mass is 544 g/mol. The largest absolute Gasteiger partial charge is 0.357 e. The van der Waals surface area contributed by atoms with Crippen LogP contribution in [0.3, 0.4) is 0 Å². The summed E-state index contributed by atoms with van der Waals surface area (Å²) in [5, 5.41) is 7.23. The Balaban J connectivity index is 0.00000320. The predicted octanol–water partition coefficient (Wildman–Crippen LogP) is 1.63. The van der Waals surface area contributed by atoms with E-state index in [1.54, 1.807) is 24.5 Å². The molecule has 0 radical (unpaired) electrons. The van der Waals surface area contributed by atoms with Crippen molar-refractivity contribution < 1.29 is 4.79 Å². The molecule has 3 rings (SSSR count). The number of aromatic nitrogens is 3. The molecular weight excluding hydrogens is 515 g/mol. The van der Waals surface area contributed by atoms with Gasteiger partial charge in [0.2, 0.25) is 5.13 Å². The number of halogens is 1. The van der Waals surface area contributed by atoms with Crippen LogP contribution in [0, 0.1) is 0 Å². The van der Waals surface area contributed by atoms with Crippen molar-refractivity contribution in [2.24, 2.45) is 4.99 Å². The van der Waals surface area contributed by atoms with Gasteiger partial charge in [0.05, 0.1) is 12.1 Å². The molecule has 0 spiro atoms. The van der Waals surface area contributed by atoms with Crippen molar-refractivity contribution in [1.29, 1.82) is 0 Å². The van der Waals surface area contributed by atoms with E-state index >= 15 is 0 Å². The third-order valence-electron chi connectivity index (χ3n) is 4.54. The van der Waals surface area contributed by atoms with Gasteiger partial charge in [0.1, 0.15) is 5.82 Å². The molecular formula is C19H29IN8OS. The van der Waals surface area contributed by atoms with Gasteiger partial charge in [-0.25, -0.2) is 4.98 Å². The maximum atomic E-state index is 12.1. The molecule has 0 bridgehead atoms. The summed E-state index contributed by atoms with van der Waals surface area (Å²) < 4.78 is 4.38. The van der Waals surface area contributed by atoms with Crippen LogP contribution in [0.15, 0.2) is 29.5 Å². The molecule has 0 unspecified atom stereocenters. The van der Waals surface area contributed by atoms with Crippen molar-refractivity contribution in [1.82, 2.24) is 29.9 Å². The topological polar surface area (TPSA) is 98.6 Å². The Morgan fingerprint density at radius 2 is 2.03 bits per heavy atom. The van der Waals surface area contributed by atoms with Crippen molar-refractivity contribution in [3.05, 3.63) is 35.9 Å². The van der Waals surface area contributed by atoms with Gasteiger partial charge in [-0.15, -0.1) is 24.0 Å². The number of nitrogens with one attached hydrogen (secondary N) is 2. The lowest BCUT2D eigenvalue weighted by Crippen LogP contribution is -2.52. The number of rotatable bonds is 7. The Morgan fingerprint density at radius 3 is 2.67 bits per heavy atom. The van der Waals surface area contributed by atoms with Gasteiger partial charge in [0, 0.05) is 69.6 Å². The number of guanidine groups is 1. The van der Waals surface area contributed by atoms with Crippen LogP contribution in [0.2, 0.25) is 0 Å². The zero-order valence-corrected chi connectivity index (χ0v) is 20.5. The minimum atomic E-state index is -0.129. The molecule has 2 N–H and O–H groups in total.